The highest BCUT2D eigenvalue weighted by molar-refractivity contribution is 6.08. The van der Waals surface area contributed by atoms with Crippen LogP contribution in [0.4, 0.5) is 5.69 Å². The van der Waals surface area contributed by atoms with E-state index in [0.29, 0.717) is 33.5 Å². The van der Waals surface area contributed by atoms with Crippen molar-refractivity contribution in [3.63, 3.8) is 0 Å². The fourth-order valence-corrected chi connectivity index (χ4v) is 4.10. The van der Waals surface area contributed by atoms with Crippen LogP contribution < -0.4 is 10.9 Å². The van der Waals surface area contributed by atoms with Gasteiger partial charge in [0, 0.05) is 33.5 Å². The molecular weight excluding hydrogens is 414 g/mol. The number of hydrogen-bond acceptors (Lipinski definition) is 4. The molecule has 1 amide bonds. The highest BCUT2D eigenvalue weighted by Gasteiger charge is 2.13. The van der Waals surface area contributed by atoms with Gasteiger partial charge >= 0.3 is 5.63 Å². The summed E-state index contributed by atoms with van der Waals surface area (Å²) in [5.41, 5.74) is 3.69. The quantitative estimate of drug-likeness (QED) is 0.320. The van der Waals surface area contributed by atoms with Crippen molar-refractivity contribution in [3.05, 3.63) is 113 Å². The summed E-state index contributed by atoms with van der Waals surface area (Å²) in [6.45, 7) is 0. The summed E-state index contributed by atoms with van der Waals surface area (Å²) in [6.07, 6.45) is 0. The molecule has 6 aromatic rings. The Kier molecular flexibility index (Phi) is 4.33. The van der Waals surface area contributed by atoms with Crippen LogP contribution >= 0.6 is 0 Å². The molecule has 5 heteroatoms. The first kappa shape index (κ1) is 19.1. The summed E-state index contributed by atoms with van der Waals surface area (Å²) in [7, 11) is 0. The van der Waals surface area contributed by atoms with E-state index in [0.717, 1.165) is 21.7 Å². The van der Waals surface area contributed by atoms with Gasteiger partial charge in [0.25, 0.3) is 5.91 Å². The molecule has 0 radical (unpaired) electrons. The Morgan fingerprint density at radius 1 is 0.667 bits per heavy atom. The molecule has 0 unspecified atom stereocenters. The maximum absolute atomic E-state index is 13.0. The standard InChI is InChI=1S/C28H17NO4/c30-27(29-20-12-13-22-21-9-2-4-11-25(21)32-26(22)16-20)19-8-5-7-17(14-19)23-15-18-6-1-3-10-24(18)33-28(23)31/h1-16H,(H,29,30). The van der Waals surface area contributed by atoms with Crippen molar-refractivity contribution >= 4 is 44.5 Å². The van der Waals surface area contributed by atoms with Gasteiger partial charge < -0.3 is 14.2 Å². The number of nitrogens with one attached hydrogen (secondary N) is 1. The Morgan fingerprint density at radius 3 is 2.36 bits per heavy atom. The largest absolute Gasteiger partial charge is 0.456 e. The first-order valence-electron chi connectivity index (χ1n) is 10.5. The molecule has 0 spiro atoms. The number of carbonyl (C=O) groups is 1. The normalized spacial score (nSPS) is 11.3. The molecule has 0 saturated carbocycles. The molecule has 158 valence electrons. The van der Waals surface area contributed by atoms with Crippen LogP contribution in [-0.4, -0.2) is 5.91 Å². The van der Waals surface area contributed by atoms with E-state index in [4.69, 9.17) is 8.83 Å². The smallest absolute Gasteiger partial charge is 0.344 e. The Labute approximate surface area is 187 Å². The zero-order chi connectivity index (χ0) is 22.4. The van der Waals surface area contributed by atoms with Gasteiger partial charge in [0.2, 0.25) is 0 Å². The van der Waals surface area contributed by atoms with Gasteiger partial charge in [0.05, 0.1) is 5.56 Å². The maximum Gasteiger partial charge on any atom is 0.344 e. The third kappa shape index (κ3) is 3.36. The highest BCUT2D eigenvalue weighted by Crippen LogP contribution is 2.30. The van der Waals surface area contributed by atoms with Crippen LogP contribution in [0.5, 0.6) is 0 Å². The molecule has 0 aliphatic heterocycles. The van der Waals surface area contributed by atoms with Crippen molar-refractivity contribution in [2.24, 2.45) is 0 Å². The number of benzene rings is 4. The first-order chi connectivity index (χ1) is 16.2. The molecule has 1 N–H and O–H groups in total. The molecular formula is C28H17NO4. The third-order valence-electron chi connectivity index (χ3n) is 5.71. The summed E-state index contributed by atoms with van der Waals surface area (Å²) in [5.74, 6) is -0.280. The minimum absolute atomic E-state index is 0.280. The van der Waals surface area contributed by atoms with Crippen molar-refractivity contribution < 1.29 is 13.6 Å². The SMILES string of the molecule is O=C(Nc1ccc2c(c1)oc1ccccc12)c1cccc(-c2cc3ccccc3oc2=O)c1. The average molecular weight is 431 g/mol. The molecule has 4 aromatic carbocycles. The van der Waals surface area contributed by atoms with Crippen LogP contribution in [0.2, 0.25) is 0 Å². The minimum atomic E-state index is -0.443. The van der Waals surface area contributed by atoms with Gasteiger partial charge in [0.15, 0.2) is 0 Å². The highest BCUT2D eigenvalue weighted by atomic mass is 16.4. The lowest BCUT2D eigenvalue weighted by Crippen LogP contribution is -2.12. The first-order valence-corrected chi connectivity index (χ1v) is 10.5. The summed E-state index contributed by atoms with van der Waals surface area (Å²) < 4.78 is 11.4. The Hall–Kier alpha value is -4.64. The van der Waals surface area contributed by atoms with Crippen LogP contribution in [0, 0.1) is 0 Å². The lowest BCUT2D eigenvalue weighted by molar-refractivity contribution is 0.102. The van der Waals surface area contributed by atoms with Gasteiger partial charge in [0.1, 0.15) is 16.7 Å². The molecule has 0 atom stereocenters. The number of para-hydroxylation sites is 2. The fraction of sp³-hybridized carbons (Fsp3) is 0. The molecule has 2 aromatic heterocycles. The van der Waals surface area contributed by atoms with Gasteiger partial charge in [-0.05, 0) is 48.0 Å². The lowest BCUT2D eigenvalue weighted by Gasteiger charge is -2.07. The van der Waals surface area contributed by atoms with E-state index in [2.05, 4.69) is 5.32 Å². The number of carbonyl (C=O) groups excluding carboxylic acids is 1. The minimum Gasteiger partial charge on any atom is -0.456 e. The van der Waals surface area contributed by atoms with Gasteiger partial charge in [-0.1, -0.05) is 48.5 Å². The molecule has 0 aliphatic carbocycles. The van der Waals surface area contributed by atoms with Crippen LogP contribution in [0.15, 0.2) is 111 Å². The Morgan fingerprint density at radius 2 is 1.45 bits per heavy atom. The number of fused-ring (bicyclic) bond motifs is 4. The molecule has 6 rings (SSSR count). The number of anilines is 1. The van der Waals surface area contributed by atoms with E-state index in [1.54, 1.807) is 36.4 Å². The second-order valence-corrected chi connectivity index (χ2v) is 7.83. The second kappa shape index (κ2) is 7.50. The Balaban J connectivity index is 1.33. The third-order valence-corrected chi connectivity index (χ3v) is 5.71. The monoisotopic (exact) mass is 431 g/mol. The number of rotatable bonds is 3. The van der Waals surface area contributed by atoms with Crippen molar-refractivity contribution in [1.82, 2.24) is 0 Å². The van der Waals surface area contributed by atoms with E-state index >= 15 is 0 Å². The summed E-state index contributed by atoms with van der Waals surface area (Å²) in [5, 5.41) is 5.77. The molecule has 0 bridgehead atoms. The van der Waals surface area contributed by atoms with Crippen LogP contribution in [0.1, 0.15) is 10.4 Å². The van der Waals surface area contributed by atoms with Gasteiger partial charge in [-0.2, -0.15) is 0 Å². The molecule has 33 heavy (non-hydrogen) atoms. The van der Waals surface area contributed by atoms with Gasteiger partial charge in [-0.25, -0.2) is 4.79 Å². The van der Waals surface area contributed by atoms with E-state index in [9.17, 15) is 9.59 Å². The van der Waals surface area contributed by atoms with Crippen LogP contribution in [0.3, 0.4) is 0 Å². The van der Waals surface area contributed by atoms with Gasteiger partial charge in [-0.15, -0.1) is 0 Å². The molecule has 2 heterocycles. The van der Waals surface area contributed by atoms with Crippen molar-refractivity contribution in [1.29, 1.82) is 0 Å². The van der Waals surface area contributed by atoms with Crippen molar-refractivity contribution in [2.45, 2.75) is 0 Å². The number of furan rings is 1. The Bertz CT molecular complexity index is 1740. The average Bonchev–Trinajstić information content (AvgIpc) is 3.21. The van der Waals surface area contributed by atoms with Crippen molar-refractivity contribution in [3.8, 4) is 11.1 Å². The van der Waals surface area contributed by atoms with Crippen LogP contribution in [0.25, 0.3) is 44.0 Å². The molecule has 0 saturated heterocycles. The molecule has 0 fully saturated rings. The summed E-state index contributed by atoms with van der Waals surface area (Å²) in [6, 6.07) is 29.5. The number of hydrogen-bond donors (Lipinski definition) is 1. The molecule has 0 aliphatic rings. The predicted octanol–water partition coefficient (Wildman–Crippen LogP) is 6.61. The van der Waals surface area contributed by atoms with E-state index < -0.39 is 5.63 Å². The zero-order valence-electron chi connectivity index (χ0n) is 17.4. The number of amides is 1. The van der Waals surface area contributed by atoms with Gasteiger partial charge in [-0.3, -0.25) is 4.79 Å². The summed E-state index contributed by atoms with van der Waals surface area (Å²) in [4.78, 5) is 25.5. The van der Waals surface area contributed by atoms with Crippen molar-refractivity contribution in [2.75, 3.05) is 5.32 Å². The zero-order valence-corrected chi connectivity index (χ0v) is 17.4. The van der Waals surface area contributed by atoms with E-state index in [1.807, 2.05) is 60.7 Å². The van der Waals surface area contributed by atoms with Crippen LogP contribution in [-0.2, 0) is 0 Å². The van der Waals surface area contributed by atoms with E-state index in [1.165, 1.54) is 0 Å². The van der Waals surface area contributed by atoms with E-state index in [-0.39, 0.29) is 5.91 Å². The topological polar surface area (TPSA) is 72.5 Å². The lowest BCUT2D eigenvalue weighted by atomic mass is 10.0. The fourth-order valence-electron chi connectivity index (χ4n) is 4.10. The summed E-state index contributed by atoms with van der Waals surface area (Å²) >= 11 is 0. The second-order valence-electron chi connectivity index (χ2n) is 7.83. The molecule has 5 nitrogen and oxygen atoms in total. The predicted molar refractivity (Wildman–Crippen MR) is 130 cm³/mol. The maximum atomic E-state index is 13.0.